The van der Waals surface area contributed by atoms with Crippen LogP contribution in [0.4, 0.5) is 4.39 Å². The van der Waals surface area contributed by atoms with Gasteiger partial charge in [0.1, 0.15) is 5.82 Å². The molecule has 1 aromatic carbocycles. The van der Waals surface area contributed by atoms with Gasteiger partial charge < -0.3 is 15.4 Å². The number of hydrogen-bond acceptors (Lipinski definition) is 3. The van der Waals surface area contributed by atoms with Crippen LogP contribution < -0.4 is 10.6 Å². The zero-order valence-corrected chi connectivity index (χ0v) is 16.3. The minimum Gasteiger partial charge on any atom is -0.374 e. The largest absolute Gasteiger partial charge is 0.374 e. The van der Waals surface area contributed by atoms with Gasteiger partial charge in [-0.15, -0.1) is 0 Å². The van der Waals surface area contributed by atoms with E-state index in [2.05, 4.69) is 34.4 Å². The molecule has 1 heterocycles. The highest BCUT2D eigenvalue weighted by Gasteiger charge is 2.20. The Bertz CT molecular complexity index is 564. The van der Waals surface area contributed by atoms with Crippen LogP contribution in [0.2, 0.25) is 0 Å². The second kappa shape index (κ2) is 11.1. The molecule has 0 radical (unpaired) electrons. The number of nitrogens with one attached hydrogen (secondary N) is 2. The second-order valence-corrected chi connectivity index (χ2v) is 7.17. The van der Waals surface area contributed by atoms with E-state index in [1.807, 2.05) is 13.0 Å². The van der Waals surface area contributed by atoms with Crippen molar-refractivity contribution in [3.05, 3.63) is 35.6 Å². The van der Waals surface area contributed by atoms with Crippen molar-refractivity contribution in [2.75, 3.05) is 45.9 Å². The number of halogens is 1. The van der Waals surface area contributed by atoms with Gasteiger partial charge in [-0.2, -0.15) is 0 Å². The van der Waals surface area contributed by atoms with Crippen LogP contribution in [0.5, 0.6) is 0 Å². The molecule has 1 aliphatic heterocycles. The topological polar surface area (TPSA) is 48.9 Å². The highest BCUT2D eigenvalue weighted by molar-refractivity contribution is 5.79. The molecular weight excluding hydrogens is 331 g/mol. The molecule has 1 saturated heterocycles. The lowest BCUT2D eigenvalue weighted by molar-refractivity contribution is -0.0261. The molecule has 0 bridgehead atoms. The Balaban J connectivity index is 1.79. The maximum Gasteiger partial charge on any atom is 0.191 e. The summed E-state index contributed by atoms with van der Waals surface area (Å²) in [5.41, 5.74) is 0.980. The molecule has 5 nitrogen and oxygen atoms in total. The predicted molar refractivity (Wildman–Crippen MR) is 105 cm³/mol. The molecule has 6 heteroatoms. The van der Waals surface area contributed by atoms with Gasteiger partial charge in [0.05, 0.1) is 19.3 Å². The van der Waals surface area contributed by atoms with E-state index in [0.29, 0.717) is 19.0 Å². The van der Waals surface area contributed by atoms with Crippen molar-refractivity contribution >= 4 is 5.96 Å². The molecule has 2 N–H and O–H groups in total. The fraction of sp³-hybridized carbons (Fsp3) is 0.650. The third kappa shape index (κ3) is 7.70. The molecule has 0 saturated carbocycles. The van der Waals surface area contributed by atoms with Crippen LogP contribution in [0.25, 0.3) is 0 Å². The van der Waals surface area contributed by atoms with Crippen molar-refractivity contribution in [2.45, 2.75) is 33.3 Å². The Hall–Kier alpha value is -1.66. The van der Waals surface area contributed by atoms with Gasteiger partial charge in [0.15, 0.2) is 5.96 Å². The Kier molecular flexibility index (Phi) is 8.85. The predicted octanol–water partition coefficient (Wildman–Crippen LogP) is 2.28. The number of guanidine groups is 1. The third-order valence-electron chi connectivity index (χ3n) is 4.24. The van der Waals surface area contributed by atoms with Crippen LogP contribution in [0, 0.1) is 11.7 Å². The molecule has 146 valence electrons. The first-order valence-electron chi connectivity index (χ1n) is 9.67. The molecule has 0 spiro atoms. The lowest BCUT2D eigenvalue weighted by Gasteiger charge is -2.33. The van der Waals surface area contributed by atoms with Crippen LogP contribution >= 0.6 is 0 Å². The number of benzene rings is 1. The van der Waals surface area contributed by atoms with Crippen LogP contribution in [-0.4, -0.2) is 62.8 Å². The highest BCUT2D eigenvalue weighted by Crippen LogP contribution is 2.08. The van der Waals surface area contributed by atoms with E-state index in [1.165, 1.54) is 6.07 Å². The zero-order valence-electron chi connectivity index (χ0n) is 16.3. The molecule has 26 heavy (non-hydrogen) atoms. The summed E-state index contributed by atoms with van der Waals surface area (Å²) in [5.74, 6) is 1.26. The normalized spacial score (nSPS) is 19.0. The monoisotopic (exact) mass is 364 g/mol. The van der Waals surface area contributed by atoms with E-state index in [4.69, 9.17) is 4.74 Å². The summed E-state index contributed by atoms with van der Waals surface area (Å²) in [4.78, 5) is 7.13. The third-order valence-corrected chi connectivity index (χ3v) is 4.24. The smallest absolute Gasteiger partial charge is 0.191 e. The lowest BCUT2D eigenvalue weighted by atomic mass is 10.1. The molecule has 1 aliphatic rings. The second-order valence-electron chi connectivity index (χ2n) is 7.17. The molecule has 1 atom stereocenters. The first-order valence-corrected chi connectivity index (χ1v) is 9.67. The highest BCUT2D eigenvalue weighted by atomic mass is 19.1. The summed E-state index contributed by atoms with van der Waals surface area (Å²) in [7, 11) is 0. The van der Waals surface area contributed by atoms with Gasteiger partial charge in [0, 0.05) is 32.7 Å². The molecule has 0 aromatic heterocycles. The van der Waals surface area contributed by atoms with Crippen molar-refractivity contribution in [3.8, 4) is 0 Å². The molecule has 2 rings (SSSR count). The van der Waals surface area contributed by atoms with Gasteiger partial charge in [0.2, 0.25) is 0 Å². The van der Waals surface area contributed by atoms with Crippen LogP contribution in [0.15, 0.2) is 29.3 Å². The quantitative estimate of drug-likeness (QED) is 0.549. The lowest BCUT2D eigenvalue weighted by Crippen LogP contribution is -2.46. The van der Waals surface area contributed by atoms with Crippen molar-refractivity contribution in [1.82, 2.24) is 15.5 Å². The Morgan fingerprint density at radius 2 is 2.23 bits per heavy atom. The summed E-state index contributed by atoms with van der Waals surface area (Å²) in [6.45, 7) is 12.5. The average Bonchev–Trinajstić information content (AvgIpc) is 2.59. The summed E-state index contributed by atoms with van der Waals surface area (Å²) in [5, 5.41) is 6.58. The maximum absolute atomic E-state index is 13.2. The summed E-state index contributed by atoms with van der Waals surface area (Å²) >= 11 is 0. The minimum absolute atomic E-state index is 0.140. The van der Waals surface area contributed by atoms with Crippen molar-refractivity contribution in [3.63, 3.8) is 0 Å². The fourth-order valence-electron chi connectivity index (χ4n) is 3.13. The van der Waals surface area contributed by atoms with Crippen molar-refractivity contribution < 1.29 is 9.13 Å². The molecular formula is C20H33FN4O. The number of hydrogen-bond donors (Lipinski definition) is 2. The molecule has 1 fully saturated rings. The van der Waals surface area contributed by atoms with Gasteiger partial charge in [-0.05, 0) is 37.0 Å². The van der Waals surface area contributed by atoms with Gasteiger partial charge in [-0.3, -0.25) is 9.89 Å². The van der Waals surface area contributed by atoms with E-state index in [-0.39, 0.29) is 11.9 Å². The van der Waals surface area contributed by atoms with Gasteiger partial charge >= 0.3 is 0 Å². The molecule has 0 amide bonds. The number of rotatable bonds is 8. The van der Waals surface area contributed by atoms with E-state index >= 15 is 0 Å². The van der Waals surface area contributed by atoms with Gasteiger partial charge in [-0.1, -0.05) is 26.0 Å². The first kappa shape index (κ1) is 20.6. The van der Waals surface area contributed by atoms with Crippen molar-refractivity contribution in [2.24, 2.45) is 10.9 Å². The fourth-order valence-corrected chi connectivity index (χ4v) is 3.13. The van der Waals surface area contributed by atoms with Crippen LogP contribution in [0.3, 0.4) is 0 Å². The van der Waals surface area contributed by atoms with Crippen LogP contribution in [-0.2, 0) is 11.2 Å². The number of ether oxygens (including phenoxy) is 1. The SMILES string of the molecule is CCNC(=NCC1CN(CC(C)C)CCO1)NCCc1cccc(F)c1. The van der Waals surface area contributed by atoms with E-state index < -0.39 is 0 Å². The summed E-state index contributed by atoms with van der Waals surface area (Å²) in [6.07, 6.45) is 0.894. The number of aliphatic imine (C=N–C) groups is 1. The molecule has 1 unspecified atom stereocenters. The van der Waals surface area contributed by atoms with Crippen LogP contribution in [0.1, 0.15) is 26.3 Å². The summed E-state index contributed by atoms with van der Waals surface area (Å²) in [6, 6.07) is 6.72. The van der Waals surface area contributed by atoms with E-state index in [9.17, 15) is 4.39 Å². The maximum atomic E-state index is 13.2. The number of nitrogens with zero attached hydrogens (tertiary/aromatic N) is 2. The van der Waals surface area contributed by atoms with Gasteiger partial charge in [0.25, 0.3) is 0 Å². The molecule has 1 aromatic rings. The van der Waals surface area contributed by atoms with E-state index in [0.717, 1.165) is 50.7 Å². The zero-order chi connectivity index (χ0) is 18.8. The first-order chi connectivity index (χ1) is 12.6. The Morgan fingerprint density at radius 3 is 2.96 bits per heavy atom. The Morgan fingerprint density at radius 1 is 1.38 bits per heavy atom. The van der Waals surface area contributed by atoms with Gasteiger partial charge in [-0.25, -0.2) is 4.39 Å². The minimum atomic E-state index is -0.191. The average molecular weight is 365 g/mol. The number of morpholine rings is 1. The standard InChI is InChI=1S/C20H33FN4O/c1-4-22-20(23-9-8-17-6-5-7-18(21)12-17)24-13-19-15-25(10-11-26-19)14-16(2)3/h5-7,12,16,19H,4,8-11,13-15H2,1-3H3,(H2,22,23,24). The van der Waals surface area contributed by atoms with E-state index in [1.54, 1.807) is 12.1 Å². The Labute approximate surface area is 157 Å². The van der Waals surface area contributed by atoms with Crippen molar-refractivity contribution in [1.29, 1.82) is 0 Å². The molecule has 0 aliphatic carbocycles. The summed E-state index contributed by atoms with van der Waals surface area (Å²) < 4.78 is 19.1.